The standard InChI is InChI=1S/C31H43F3NO7P/c1-9-37-25-12-10-11-24(17-25)19-38-27-14-13-23(18-26(27)31(32,33)34)15-16-30(20-39-22(2)35-30)21-40-43(36,41-28(3,4)5)42-29(6,7)8/h10-14,17-18H,9,15-16,19-21H2,1-8H3. The maximum absolute atomic E-state index is 14.1. The molecule has 1 aliphatic heterocycles. The molecule has 0 N–H and O–H groups in total. The number of benzene rings is 2. The van der Waals surface area contributed by atoms with E-state index in [2.05, 4.69) is 4.99 Å². The van der Waals surface area contributed by atoms with Crippen molar-refractivity contribution in [3.8, 4) is 11.5 Å². The van der Waals surface area contributed by atoms with Gasteiger partial charge in [0.1, 0.15) is 30.3 Å². The van der Waals surface area contributed by atoms with Crippen LogP contribution in [0.15, 0.2) is 47.5 Å². The molecule has 0 radical (unpaired) electrons. The highest BCUT2D eigenvalue weighted by Gasteiger charge is 2.43. The van der Waals surface area contributed by atoms with Crippen molar-refractivity contribution in [2.24, 2.45) is 4.99 Å². The molecule has 0 aliphatic carbocycles. The van der Waals surface area contributed by atoms with Crippen molar-refractivity contribution in [2.45, 2.75) is 97.8 Å². The Balaban J connectivity index is 1.78. The topological polar surface area (TPSA) is 84.8 Å². The molecule has 12 heteroatoms. The molecular formula is C31H43F3NO7P. The zero-order valence-corrected chi connectivity index (χ0v) is 27.1. The summed E-state index contributed by atoms with van der Waals surface area (Å²) in [6.07, 6.45) is -4.16. The van der Waals surface area contributed by atoms with Crippen molar-refractivity contribution in [1.29, 1.82) is 0 Å². The average Bonchev–Trinajstić information content (AvgIpc) is 3.24. The molecule has 2 aromatic carbocycles. The zero-order chi connectivity index (χ0) is 32.1. The van der Waals surface area contributed by atoms with Gasteiger partial charge in [-0.05, 0) is 96.7 Å². The van der Waals surface area contributed by atoms with Gasteiger partial charge in [0, 0.05) is 6.92 Å². The Bertz CT molecular complexity index is 1300. The second-order valence-corrected chi connectivity index (χ2v) is 14.0. The molecule has 0 saturated carbocycles. The minimum Gasteiger partial charge on any atom is -0.494 e. The van der Waals surface area contributed by atoms with E-state index >= 15 is 0 Å². The third-order valence-corrected chi connectivity index (χ3v) is 8.03. The second-order valence-electron chi connectivity index (χ2n) is 12.5. The summed E-state index contributed by atoms with van der Waals surface area (Å²) in [5.41, 5.74) is -2.42. The maximum atomic E-state index is 14.1. The van der Waals surface area contributed by atoms with Crippen LogP contribution in [0.3, 0.4) is 0 Å². The minimum absolute atomic E-state index is 0.0531. The van der Waals surface area contributed by atoms with Crippen LogP contribution in [0.4, 0.5) is 13.2 Å². The number of aryl methyl sites for hydroxylation is 1. The monoisotopic (exact) mass is 629 g/mol. The van der Waals surface area contributed by atoms with Crippen molar-refractivity contribution >= 4 is 13.7 Å². The predicted octanol–water partition coefficient (Wildman–Crippen LogP) is 8.56. The molecule has 1 atom stereocenters. The second kappa shape index (κ2) is 13.6. The molecule has 1 aliphatic rings. The van der Waals surface area contributed by atoms with Gasteiger partial charge in [-0.3, -0.25) is 13.6 Å². The molecule has 2 aromatic rings. The first-order valence-electron chi connectivity index (χ1n) is 14.2. The summed E-state index contributed by atoms with van der Waals surface area (Å²) >= 11 is 0. The van der Waals surface area contributed by atoms with E-state index in [9.17, 15) is 17.7 Å². The van der Waals surface area contributed by atoms with Gasteiger partial charge in [0.2, 0.25) is 0 Å². The lowest BCUT2D eigenvalue weighted by molar-refractivity contribution is -0.139. The van der Waals surface area contributed by atoms with E-state index in [1.807, 2.05) is 6.92 Å². The Kier molecular flexibility index (Phi) is 11.0. The number of phosphoric ester groups is 1. The molecule has 0 bridgehead atoms. The Hall–Kier alpha value is -2.59. The van der Waals surface area contributed by atoms with E-state index in [0.29, 0.717) is 29.4 Å². The molecule has 8 nitrogen and oxygen atoms in total. The predicted molar refractivity (Wildman–Crippen MR) is 159 cm³/mol. The van der Waals surface area contributed by atoms with Crippen LogP contribution >= 0.6 is 7.82 Å². The number of hydrogen-bond acceptors (Lipinski definition) is 8. The largest absolute Gasteiger partial charge is 0.494 e. The lowest BCUT2D eigenvalue weighted by atomic mass is 9.93. The van der Waals surface area contributed by atoms with E-state index in [1.165, 1.54) is 6.07 Å². The number of phosphoric acid groups is 1. The quantitative estimate of drug-likeness (QED) is 0.205. The summed E-state index contributed by atoms with van der Waals surface area (Å²) in [5, 5.41) is 0. The number of hydrogen-bond donors (Lipinski definition) is 0. The fourth-order valence-corrected chi connectivity index (χ4v) is 6.25. The van der Waals surface area contributed by atoms with Crippen LogP contribution in [0.2, 0.25) is 0 Å². The van der Waals surface area contributed by atoms with Gasteiger partial charge >= 0.3 is 14.0 Å². The van der Waals surface area contributed by atoms with Crippen molar-refractivity contribution < 1.29 is 45.5 Å². The van der Waals surface area contributed by atoms with E-state index in [4.69, 9.17) is 27.8 Å². The molecule has 0 amide bonds. The van der Waals surface area contributed by atoms with E-state index in [-0.39, 0.29) is 38.4 Å². The number of ether oxygens (including phenoxy) is 3. The fraction of sp³-hybridized carbons (Fsp3) is 0.581. The lowest BCUT2D eigenvalue weighted by Gasteiger charge is -2.33. The van der Waals surface area contributed by atoms with Gasteiger partial charge in [0.15, 0.2) is 5.90 Å². The molecule has 1 heterocycles. The fourth-order valence-electron chi connectivity index (χ4n) is 4.36. The molecule has 0 spiro atoms. The van der Waals surface area contributed by atoms with Gasteiger partial charge in [-0.25, -0.2) is 9.56 Å². The SMILES string of the molecule is CCOc1cccc(COc2ccc(CCC3(COP(=O)(OC(C)(C)C)OC(C)(C)C)COC(C)=N3)cc2C(F)(F)F)c1. The van der Waals surface area contributed by atoms with Gasteiger partial charge in [-0.2, -0.15) is 13.2 Å². The normalized spacial score (nSPS) is 17.9. The van der Waals surface area contributed by atoms with Crippen molar-refractivity contribution in [2.75, 3.05) is 19.8 Å². The first kappa shape index (κ1) is 34.9. The van der Waals surface area contributed by atoms with E-state index in [1.54, 1.807) is 78.8 Å². The molecule has 240 valence electrons. The highest BCUT2D eigenvalue weighted by atomic mass is 31.2. The summed E-state index contributed by atoms with van der Waals surface area (Å²) in [6, 6.07) is 11.0. The summed E-state index contributed by atoms with van der Waals surface area (Å²) in [6.45, 7) is 14.3. The Morgan fingerprint density at radius 3 is 2.19 bits per heavy atom. The van der Waals surface area contributed by atoms with Gasteiger partial charge < -0.3 is 14.2 Å². The molecule has 1 unspecified atom stereocenters. The highest BCUT2D eigenvalue weighted by molar-refractivity contribution is 7.48. The molecule has 43 heavy (non-hydrogen) atoms. The summed E-state index contributed by atoms with van der Waals surface area (Å²) in [7, 11) is -4.05. The number of rotatable bonds is 13. The van der Waals surface area contributed by atoms with Crippen molar-refractivity contribution in [3.05, 3.63) is 59.2 Å². The van der Waals surface area contributed by atoms with Crippen LogP contribution in [-0.4, -0.2) is 42.5 Å². The van der Waals surface area contributed by atoms with Crippen LogP contribution in [0, 0.1) is 0 Å². The third-order valence-electron chi connectivity index (χ3n) is 6.04. The van der Waals surface area contributed by atoms with Crippen LogP contribution in [0.1, 0.15) is 78.5 Å². The molecule has 0 aromatic heterocycles. The first-order valence-corrected chi connectivity index (χ1v) is 15.7. The van der Waals surface area contributed by atoms with Crippen LogP contribution < -0.4 is 9.47 Å². The molecule has 0 saturated heterocycles. The van der Waals surface area contributed by atoms with Gasteiger partial charge in [-0.15, -0.1) is 0 Å². The minimum atomic E-state index is -4.63. The number of nitrogens with zero attached hydrogens (tertiary/aromatic N) is 1. The van der Waals surface area contributed by atoms with E-state index in [0.717, 1.165) is 6.07 Å². The number of halogens is 3. The Labute approximate surface area is 252 Å². The van der Waals surface area contributed by atoms with Gasteiger partial charge in [0.05, 0.1) is 30.0 Å². The Morgan fingerprint density at radius 2 is 1.63 bits per heavy atom. The zero-order valence-electron chi connectivity index (χ0n) is 26.2. The summed E-state index contributed by atoms with van der Waals surface area (Å²) in [4.78, 5) is 4.58. The van der Waals surface area contributed by atoms with Gasteiger partial charge in [0.25, 0.3) is 0 Å². The number of aliphatic imine (C=N–C) groups is 1. The van der Waals surface area contributed by atoms with Gasteiger partial charge in [-0.1, -0.05) is 18.2 Å². The molecular weight excluding hydrogens is 586 g/mol. The van der Waals surface area contributed by atoms with Crippen LogP contribution in [-0.2, 0) is 42.1 Å². The molecule has 0 fully saturated rings. The summed E-state index contributed by atoms with van der Waals surface area (Å²) in [5.74, 6) is 0.752. The third kappa shape index (κ3) is 11.1. The summed E-state index contributed by atoms with van der Waals surface area (Å²) < 4.78 is 89.8. The lowest BCUT2D eigenvalue weighted by Crippen LogP contribution is -2.36. The van der Waals surface area contributed by atoms with Crippen molar-refractivity contribution in [1.82, 2.24) is 0 Å². The first-order chi connectivity index (χ1) is 19.8. The van der Waals surface area contributed by atoms with E-state index < -0.39 is 36.3 Å². The molecule has 3 rings (SSSR count). The van der Waals surface area contributed by atoms with Crippen molar-refractivity contribution in [3.63, 3.8) is 0 Å². The average molecular weight is 630 g/mol. The van der Waals surface area contributed by atoms with Crippen LogP contribution in [0.5, 0.6) is 11.5 Å². The maximum Gasteiger partial charge on any atom is 0.475 e. The van der Waals surface area contributed by atoms with Crippen LogP contribution in [0.25, 0.3) is 0 Å². The Morgan fingerprint density at radius 1 is 0.953 bits per heavy atom. The number of alkyl halides is 3. The smallest absolute Gasteiger partial charge is 0.475 e. The highest BCUT2D eigenvalue weighted by Crippen LogP contribution is 2.56.